The van der Waals surface area contributed by atoms with Crippen molar-refractivity contribution in [2.75, 3.05) is 0 Å². The second kappa shape index (κ2) is 16.7. The summed E-state index contributed by atoms with van der Waals surface area (Å²) in [7, 11) is 0. The Morgan fingerprint density at radius 3 is 1.21 bits per heavy atom. The molecule has 0 aliphatic heterocycles. The van der Waals surface area contributed by atoms with Crippen LogP contribution in [0.2, 0.25) is 0 Å². The van der Waals surface area contributed by atoms with Crippen LogP contribution >= 0.6 is 11.8 Å². The molecule has 0 amide bonds. The SMILES string of the molecule is CCCCCCCCC(=O)c1ccc(Sc2ccc(C(=O)CCCCCCCC)cc2)cc1. The first-order chi connectivity index (χ1) is 16.1. The number of carbonyl (C=O) groups is 2. The van der Waals surface area contributed by atoms with Crippen LogP contribution in [0.5, 0.6) is 0 Å². The molecule has 0 bridgehead atoms. The first-order valence-electron chi connectivity index (χ1n) is 13.1. The number of rotatable bonds is 18. The van der Waals surface area contributed by atoms with Gasteiger partial charge >= 0.3 is 0 Å². The quantitative estimate of drug-likeness (QED) is 0.162. The second-order valence-corrected chi connectivity index (χ2v) is 10.2. The lowest BCUT2D eigenvalue weighted by atomic mass is 10.0. The molecule has 0 heterocycles. The van der Waals surface area contributed by atoms with Gasteiger partial charge < -0.3 is 0 Å². The molecular weight excluding hydrogens is 424 g/mol. The number of hydrogen-bond acceptors (Lipinski definition) is 3. The molecule has 0 spiro atoms. The summed E-state index contributed by atoms with van der Waals surface area (Å²) in [5, 5.41) is 0. The van der Waals surface area contributed by atoms with Crippen molar-refractivity contribution in [2.24, 2.45) is 0 Å². The van der Waals surface area contributed by atoms with E-state index in [1.54, 1.807) is 11.8 Å². The maximum absolute atomic E-state index is 12.4. The van der Waals surface area contributed by atoms with Crippen molar-refractivity contribution in [1.29, 1.82) is 0 Å². The second-order valence-electron chi connectivity index (χ2n) is 9.03. The molecule has 3 heteroatoms. The summed E-state index contributed by atoms with van der Waals surface area (Å²) < 4.78 is 0. The Morgan fingerprint density at radius 1 is 0.515 bits per heavy atom. The van der Waals surface area contributed by atoms with Gasteiger partial charge in [-0.15, -0.1) is 0 Å². The highest BCUT2D eigenvalue weighted by Gasteiger charge is 2.08. The summed E-state index contributed by atoms with van der Waals surface area (Å²) in [6.07, 6.45) is 15.7. The van der Waals surface area contributed by atoms with Crippen molar-refractivity contribution in [1.82, 2.24) is 0 Å². The smallest absolute Gasteiger partial charge is 0.162 e. The number of hydrogen-bond donors (Lipinski definition) is 0. The van der Waals surface area contributed by atoms with E-state index in [1.807, 2.05) is 48.5 Å². The molecule has 2 aromatic rings. The van der Waals surface area contributed by atoms with Gasteiger partial charge in [-0.05, 0) is 37.1 Å². The first-order valence-corrected chi connectivity index (χ1v) is 13.9. The normalized spacial score (nSPS) is 11.0. The lowest BCUT2D eigenvalue weighted by molar-refractivity contribution is 0.0971. The zero-order valence-corrected chi connectivity index (χ0v) is 21.6. The van der Waals surface area contributed by atoms with E-state index in [0.717, 1.165) is 46.6 Å². The standard InChI is InChI=1S/C30H42O2S/c1-3-5-7-9-11-13-15-29(31)25-17-21-27(22-18-25)33-28-23-19-26(20-24-28)30(32)16-14-12-10-8-6-4-2/h17-24H,3-16H2,1-2H3. The Morgan fingerprint density at radius 2 is 0.848 bits per heavy atom. The molecule has 0 N–H and O–H groups in total. The van der Waals surface area contributed by atoms with E-state index in [9.17, 15) is 9.59 Å². The minimum Gasteiger partial charge on any atom is -0.294 e. The van der Waals surface area contributed by atoms with Crippen molar-refractivity contribution in [2.45, 2.75) is 114 Å². The molecule has 0 aromatic heterocycles. The summed E-state index contributed by atoms with van der Waals surface area (Å²) in [5.74, 6) is 0.491. The third kappa shape index (κ3) is 11.2. The summed E-state index contributed by atoms with van der Waals surface area (Å²) in [5.41, 5.74) is 1.62. The zero-order chi connectivity index (χ0) is 23.7. The first kappa shape index (κ1) is 27.4. The summed E-state index contributed by atoms with van der Waals surface area (Å²) >= 11 is 1.66. The van der Waals surface area contributed by atoms with Crippen LogP contribution in [0.15, 0.2) is 58.3 Å². The monoisotopic (exact) mass is 466 g/mol. The van der Waals surface area contributed by atoms with Gasteiger partial charge in [0.05, 0.1) is 0 Å². The third-order valence-electron chi connectivity index (χ3n) is 6.10. The van der Waals surface area contributed by atoms with Gasteiger partial charge in [0.2, 0.25) is 0 Å². The van der Waals surface area contributed by atoms with Gasteiger partial charge in [-0.3, -0.25) is 9.59 Å². The molecule has 0 unspecified atom stereocenters. The number of benzene rings is 2. The molecule has 2 nitrogen and oxygen atoms in total. The van der Waals surface area contributed by atoms with Gasteiger partial charge in [-0.1, -0.05) is 114 Å². The highest BCUT2D eigenvalue weighted by molar-refractivity contribution is 7.99. The highest BCUT2D eigenvalue weighted by atomic mass is 32.2. The predicted molar refractivity (Wildman–Crippen MR) is 142 cm³/mol. The summed E-state index contributed by atoms with van der Waals surface area (Å²) in [6.45, 7) is 4.44. The highest BCUT2D eigenvalue weighted by Crippen LogP contribution is 2.28. The van der Waals surface area contributed by atoms with Crippen molar-refractivity contribution in [3.8, 4) is 0 Å². The maximum atomic E-state index is 12.4. The Labute approximate surface area is 206 Å². The van der Waals surface area contributed by atoms with E-state index in [4.69, 9.17) is 0 Å². The van der Waals surface area contributed by atoms with E-state index >= 15 is 0 Å². The topological polar surface area (TPSA) is 34.1 Å². The fourth-order valence-corrected chi connectivity index (χ4v) is 4.79. The fraction of sp³-hybridized carbons (Fsp3) is 0.533. The van der Waals surface area contributed by atoms with Crippen molar-refractivity contribution in [3.63, 3.8) is 0 Å². The van der Waals surface area contributed by atoms with Gasteiger partial charge in [0.15, 0.2) is 11.6 Å². The van der Waals surface area contributed by atoms with Gasteiger partial charge in [0.1, 0.15) is 0 Å². The van der Waals surface area contributed by atoms with Crippen LogP contribution < -0.4 is 0 Å². The van der Waals surface area contributed by atoms with Crippen molar-refractivity contribution < 1.29 is 9.59 Å². The van der Waals surface area contributed by atoms with E-state index < -0.39 is 0 Å². The Kier molecular flexibility index (Phi) is 13.9. The van der Waals surface area contributed by atoms with Crippen LogP contribution in [-0.4, -0.2) is 11.6 Å². The molecular formula is C30H42O2S. The molecule has 2 aromatic carbocycles. The average Bonchev–Trinajstić information content (AvgIpc) is 2.84. The van der Waals surface area contributed by atoms with Crippen LogP contribution in [0.4, 0.5) is 0 Å². The van der Waals surface area contributed by atoms with Crippen LogP contribution in [0.3, 0.4) is 0 Å². The third-order valence-corrected chi connectivity index (χ3v) is 7.12. The largest absolute Gasteiger partial charge is 0.294 e. The number of unbranched alkanes of at least 4 members (excludes halogenated alkanes) is 10. The number of carbonyl (C=O) groups excluding carboxylic acids is 2. The Bertz CT molecular complexity index is 739. The van der Waals surface area contributed by atoms with E-state index in [0.29, 0.717) is 12.8 Å². The lowest BCUT2D eigenvalue weighted by Gasteiger charge is -2.06. The van der Waals surface area contributed by atoms with Gasteiger partial charge in [-0.2, -0.15) is 0 Å². The molecule has 180 valence electrons. The van der Waals surface area contributed by atoms with Crippen LogP contribution in [0, 0.1) is 0 Å². The molecule has 33 heavy (non-hydrogen) atoms. The summed E-state index contributed by atoms with van der Waals surface area (Å²) in [4.78, 5) is 27.0. The van der Waals surface area contributed by atoms with E-state index in [-0.39, 0.29) is 11.6 Å². The maximum Gasteiger partial charge on any atom is 0.162 e. The van der Waals surface area contributed by atoms with Crippen LogP contribution in [-0.2, 0) is 0 Å². The molecule has 0 fully saturated rings. The van der Waals surface area contributed by atoms with Gasteiger partial charge in [-0.25, -0.2) is 0 Å². The molecule has 0 aliphatic carbocycles. The molecule has 0 saturated carbocycles. The zero-order valence-electron chi connectivity index (χ0n) is 20.7. The van der Waals surface area contributed by atoms with Crippen molar-refractivity contribution in [3.05, 3.63) is 59.7 Å². The fourth-order valence-electron chi connectivity index (χ4n) is 3.97. The van der Waals surface area contributed by atoms with Gasteiger partial charge in [0, 0.05) is 33.8 Å². The molecule has 0 saturated heterocycles. The Balaban J connectivity index is 1.73. The van der Waals surface area contributed by atoms with E-state index in [1.165, 1.54) is 51.4 Å². The van der Waals surface area contributed by atoms with Crippen LogP contribution in [0.25, 0.3) is 0 Å². The van der Waals surface area contributed by atoms with Crippen molar-refractivity contribution >= 4 is 23.3 Å². The average molecular weight is 467 g/mol. The Hall–Kier alpha value is -1.87. The molecule has 0 atom stereocenters. The van der Waals surface area contributed by atoms with Crippen LogP contribution in [0.1, 0.15) is 124 Å². The number of Topliss-reactive ketones (excluding diaryl/α,β-unsaturated/α-hetero) is 2. The predicted octanol–water partition coefficient (Wildman–Crippen LogP) is 9.70. The summed E-state index contributed by atoms with van der Waals surface area (Å²) in [6, 6.07) is 15.9. The number of ketones is 2. The van der Waals surface area contributed by atoms with E-state index in [2.05, 4.69) is 13.8 Å². The molecule has 0 aliphatic rings. The molecule has 2 rings (SSSR count). The molecule has 0 radical (unpaired) electrons. The lowest BCUT2D eigenvalue weighted by Crippen LogP contribution is -1.99. The minimum absolute atomic E-state index is 0.246. The minimum atomic E-state index is 0.246. The van der Waals surface area contributed by atoms with Gasteiger partial charge in [0.25, 0.3) is 0 Å².